The fraction of sp³-hybridized carbons (Fsp3) is 0.333. The maximum Gasteiger partial charge on any atom is 0.435 e. The third-order valence-corrected chi connectivity index (χ3v) is 3.77. The summed E-state index contributed by atoms with van der Waals surface area (Å²) in [5.74, 6) is 0.644. The zero-order valence-corrected chi connectivity index (χ0v) is 12.2. The lowest BCUT2D eigenvalue weighted by Crippen LogP contribution is -2.47. The first-order chi connectivity index (χ1) is 10.9. The predicted octanol–water partition coefficient (Wildman–Crippen LogP) is 2.53. The maximum absolute atomic E-state index is 12.5. The average Bonchev–Trinajstić information content (AvgIpc) is 2.55. The average molecular weight is 324 g/mol. The highest BCUT2D eigenvalue weighted by Crippen LogP contribution is 2.29. The van der Waals surface area contributed by atoms with Gasteiger partial charge < -0.3 is 14.9 Å². The number of halogens is 3. The molecule has 0 aliphatic carbocycles. The van der Waals surface area contributed by atoms with Crippen molar-refractivity contribution < 1.29 is 18.3 Å². The number of hydrogen-bond donors (Lipinski definition) is 1. The quantitative estimate of drug-likeness (QED) is 0.920. The first-order valence-corrected chi connectivity index (χ1v) is 7.14. The van der Waals surface area contributed by atoms with Crippen molar-refractivity contribution in [2.45, 2.75) is 6.18 Å². The summed E-state index contributed by atoms with van der Waals surface area (Å²) < 4.78 is 37.5. The van der Waals surface area contributed by atoms with E-state index in [0.29, 0.717) is 32.0 Å². The van der Waals surface area contributed by atoms with Crippen molar-refractivity contribution in [2.24, 2.45) is 0 Å². The first-order valence-electron chi connectivity index (χ1n) is 7.14. The molecule has 8 heteroatoms. The Morgan fingerprint density at radius 2 is 1.52 bits per heavy atom. The van der Waals surface area contributed by atoms with E-state index in [2.05, 4.69) is 10.2 Å². The Labute approximate surface area is 131 Å². The van der Waals surface area contributed by atoms with E-state index in [1.165, 1.54) is 6.07 Å². The molecule has 1 aromatic carbocycles. The molecule has 0 atom stereocenters. The van der Waals surface area contributed by atoms with Crippen molar-refractivity contribution in [1.29, 1.82) is 0 Å². The lowest BCUT2D eigenvalue weighted by atomic mass is 10.2. The number of piperazine rings is 1. The molecule has 0 amide bonds. The number of phenolic OH excluding ortho intramolecular Hbond substituents is 1. The van der Waals surface area contributed by atoms with Crippen molar-refractivity contribution >= 4 is 11.5 Å². The fourth-order valence-electron chi connectivity index (χ4n) is 2.55. The van der Waals surface area contributed by atoms with E-state index in [-0.39, 0.29) is 5.75 Å². The van der Waals surface area contributed by atoms with Crippen LogP contribution in [-0.4, -0.2) is 41.5 Å². The highest BCUT2D eigenvalue weighted by atomic mass is 19.4. The Bertz CT molecular complexity index is 667. The van der Waals surface area contributed by atoms with Crippen LogP contribution in [-0.2, 0) is 6.18 Å². The number of hydrogen-bond acceptors (Lipinski definition) is 5. The topological polar surface area (TPSA) is 52.5 Å². The minimum Gasteiger partial charge on any atom is -0.506 e. The number of benzene rings is 1. The molecule has 0 spiro atoms. The van der Waals surface area contributed by atoms with Gasteiger partial charge in [0.2, 0.25) is 0 Å². The van der Waals surface area contributed by atoms with E-state index in [4.69, 9.17) is 0 Å². The first kappa shape index (κ1) is 15.4. The molecule has 0 unspecified atom stereocenters. The van der Waals surface area contributed by atoms with E-state index < -0.39 is 11.9 Å². The molecule has 0 bridgehead atoms. The van der Waals surface area contributed by atoms with Gasteiger partial charge in [0.15, 0.2) is 11.5 Å². The molecule has 2 heterocycles. The van der Waals surface area contributed by atoms with Gasteiger partial charge >= 0.3 is 6.18 Å². The van der Waals surface area contributed by atoms with Crippen LogP contribution in [0.3, 0.4) is 0 Å². The second-order valence-electron chi connectivity index (χ2n) is 5.24. The monoisotopic (exact) mass is 324 g/mol. The van der Waals surface area contributed by atoms with Crippen LogP contribution in [0, 0.1) is 0 Å². The molecule has 1 aliphatic rings. The molecule has 122 valence electrons. The van der Waals surface area contributed by atoms with E-state index in [1.807, 2.05) is 21.9 Å². The Balaban J connectivity index is 1.66. The van der Waals surface area contributed by atoms with Crippen molar-refractivity contribution in [1.82, 2.24) is 10.2 Å². The van der Waals surface area contributed by atoms with Crippen molar-refractivity contribution in [3.05, 3.63) is 42.1 Å². The summed E-state index contributed by atoms with van der Waals surface area (Å²) in [7, 11) is 0. The number of rotatable bonds is 2. The standard InChI is InChI=1S/C15H15F3N4O/c16-15(17,18)13-5-6-14(20-19-13)22-9-7-21(8-10-22)11-3-1-2-4-12(11)23/h1-6,23H,7-10H2. The van der Waals surface area contributed by atoms with Crippen molar-refractivity contribution in [3.63, 3.8) is 0 Å². The Hall–Kier alpha value is -2.51. The van der Waals surface area contributed by atoms with E-state index in [9.17, 15) is 18.3 Å². The van der Waals surface area contributed by atoms with Crippen LogP contribution < -0.4 is 9.80 Å². The maximum atomic E-state index is 12.5. The van der Waals surface area contributed by atoms with Crippen LogP contribution in [0.25, 0.3) is 0 Å². The highest BCUT2D eigenvalue weighted by Gasteiger charge is 2.33. The third-order valence-electron chi connectivity index (χ3n) is 3.77. The minimum atomic E-state index is -4.48. The van der Waals surface area contributed by atoms with Crippen molar-refractivity contribution in [3.8, 4) is 5.75 Å². The second-order valence-corrected chi connectivity index (χ2v) is 5.24. The summed E-state index contributed by atoms with van der Waals surface area (Å²) in [5.41, 5.74) is -0.236. The lowest BCUT2D eigenvalue weighted by Gasteiger charge is -2.36. The van der Waals surface area contributed by atoms with Crippen LogP contribution in [0.15, 0.2) is 36.4 Å². The van der Waals surface area contributed by atoms with Gasteiger partial charge in [-0.15, -0.1) is 10.2 Å². The summed E-state index contributed by atoms with van der Waals surface area (Å²) in [4.78, 5) is 3.91. The molecule has 1 fully saturated rings. The second kappa shape index (κ2) is 5.94. The minimum absolute atomic E-state index is 0.218. The van der Waals surface area contributed by atoms with Crippen LogP contribution >= 0.6 is 0 Å². The molecule has 1 aliphatic heterocycles. The summed E-state index contributed by atoms with van der Waals surface area (Å²) in [6.45, 7) is 2.46. The van der Waals surface area contributed by atoms with Gasteiger partial charge in [0.25, 0.3) is 0 Å². The van der Waals surface area contributed by atoms with E-state index in [0.717, 1.165) is 11.8 Å². The number of aromatic hydroxyl groups is 1. The fourth-order valence-corrected chi connectivity index (χ4v) is 2.55. The predicted molar refractivity (Wildman–Crippen MR) is 79.6 cm³/mol. The molecular formula is C15H15F3N4O. The number of aromatic nitrogens is 2. The van der Waals surface area contributed by atoms with Gasteiger partial charge in [0.05, 0.1) is 5.69 Å². The smallest absolute Gasteiger partial charge is 0.435 e. The number of alkyl halides is 3. The molecule has 2 aromatic rings. The molecular weight excluding hydrogens is 309 g/mol. The zero-order chi connectivity index (χ0) is 16.4. The number of nitrogens with zero attached hydrogens (tertiary/aromatic N) is 4. The van der Waals surface area contributed by atoms with Gasteiger partial charge in [0.1, 0.15) is 5.75 Å². The van der Waals surface area contributed by atoms with Gasteiger partial charge in [-0.25, -0.2) is 0 Å². The van der Waals surface area contributed by atoms with Gasteiger partial charge in [-0.2, -0.15) is 13.2 Å². The number of para-hydroxylation sites is 2. The summed E-state index contributed by atoms with van der Waals surface area (Å²) >= 11 is 0. The molecule has 1 aromatic heterocycles. The lowest BCUT2D eigenvalue weighted by molar-refractivity contribution is -0.141. The van der Waals surface area contributed by atoms with Gasteiger partial charge in [-0.3, -0.25) is 0 Å². The van der Waals surface area contributed by atoms with E-state index in [1.54, 1.807) is 12.1 Å². The van der Waals surface area contributed by atoms with Gasteiger partial charge in [0, 0.05) is 26.2 Å². The summed E-state index contributed by atoms with van der Waals surface area (Å²) in [6.07, 6.45) is -4.48. The molecule has 1 N–H and O–H groups in total. The number of phenols is 1. The van der Waals surface area contributed by atoms with Crippen LogP contribution in [0.2, 0.25) is 0 Å². The third kappa shape index (κ3) is 3.30. The SMILES string of the molecule is Oc1ccccc1N1CCN(c2ccc(C(F)(F)F)nn2)CC1. The van der Waals surface area contributed by atoms with Gasteiger partial charge in [-0.1, -0.05) is 12.1 Å². The molecule has 5 nitrogen and oxygen atoms in total. The summed E-state index contributed by atoms with van der Waals surface area (Å²) in [5, 5.41) is 16.8. The Kier molecular flexibility index (Phi) is 3.97. The molecule has 0 radical (unpaired) electrons. The number of anilines is 2. The Morgan fingerprint density at radius 3 is 2.09 bits per heavy atom. The van der Waals surface area contributed by atoms with Crippen LogP contribution in [0.4, 0.5) is 24.7 Å². The van der Waals surface area contributed by atoms with Crippen LogP contribution in [0.5, 0.6) is 5.75 Å². The summed E-state index contributed by atoms with van der Waals surface area (Å²) in [6, 6.07) is 9.35. The highest BCUT2D eigenvalue weighted by molar-refractivity contribution is 5.58. The molecule has 1 saturated heterocycles. The molecule has 23 heavy (non-hydrogen) atoms. The molecule has 3 rings (SSSR count). The van der Waals surface area contributed by atoms with Crippen LogP contribution in [0.1, 0.15) is 5.69 Å². The molecule has 0 saturated carbocycles. The normalized spacial score (nSPS) is 15.8. The van der Waals surface area contributed by atoms with E-state index >= 15 is 0 Å². The van der Waals surface area contributed by atoms with Crippen molar-refractivity contribution in [2.75, 3.05) is 36.0 Å². The van der Waals surface area contributed by atoms with Gasteiger partial charge in [-0.05, 0) is 24.3 Å². The zero-order valence-electron chi connectivity index (χ0n) is 12.2. The Morgan fingerprint density at radius 1 is 0.870 bits per heavy atom. The largest absolute Gasteiger partial charge is 0.506 e.